The standard InChI is InChI=1S/C54H79N11O13S2/c1-5-30(2)44-51(76)63-45(31(3)66)52(77)60-38(27-42(56)69)48(73)61-39(29-79-80-54(21-7-6-8-22-54)28-43(70)64(4)41(50(75)62-44)26-33-15-19-35(68)20-16-33)53(78)65-24-10-12-40(65)49(74)58-36(11-9-23-55)47(72)59-37(46(57)71)25-32-13-17-34(67)18-14-32/h13-20,30-31,36-41,44-45,66-68H,5-12,21-29,55H2,1-4H3,(H2,56,69)(H2,57,71)(H,58,74)(H,59,72)(H,60,77)(H,61,73)(H,62,75)(H,63,76)/t30-,31+,36-,37-,38+,39+,40-,41-,44+,45-/m0/s1. The molecule has 26 heteroatoms. The number of primary amides is 2. The smallest absolute Gasteiger partial charge is 0.246 e. The molecule has 2 saturated heterocycles. The molecule has 10 atom stereocenters. The number of likely N-dealkylation sites (N-methyl/N-ethyl adjacent to an activating group) is 1. The second-order valence-corrected chi connectivity index (χ2v) is 23.9. The van der Waals surface area contributed by atoms with E-state index in [1.54, 1.807) is 38.1 Å². The molecule has 0 aromatic heterocycles. The van der Waals surface area contributed by atoms with E-state index in [9.17, 15) is 58.5 Å². The number of hydrogen-bond donors (Lipinski definition) is 12. The van der Waals surface area contributed by atoms with Crippen LogP contribution in [0.2, 0.25) is 0 Å². The molecule has 0 radical (unpaired) electrons. The van der Waals surface area contributed by atoms with Gasteiger partial charge < -0.3 is 74.2 Å². The number of benzene rings is 2. The van der Waals surface area contributed by atoms with Crippen LogP contribution in [0.15, 0.2) is 48.5 Å². The van der Waals surface area contributed by atoms with Gasteiger partial charge in [0.05, 0.1) is 12.5 Å². The normalized spacial score (nSPS) is 24.2. The summed E-state index contributed by atoms with van der Waals surface area (Å²) in [7, 11) is 4.03. The van der Waals surface area contributed by atoms with E-state index in [4.69, 9.17) is 17.2 Å². The van der Waals surface area contributed by atoms with Gasteiger partial charge in [-0.05, 0) is 93.3 Å². The fourth-order valence-electron chi connectivity index (χ4n) is 9.99. The predicted molar refractivity (Wildman–Crippen MR) is 299 cm³/mol. The van der Waals surface area contributed by atoms with Crippen molar-refractivity contribution in [1.82, 2.24) is 41.7 Å². The largest absolute Gasteiger partial charge is 0.508 e. The van der Waals surface area contributed by atoms with Crippen molar-refractivity contribution in [3.05, 3.63) is 59.7 Å². The summed E-state index contributed by atoms with van der Waals surface area (Å²) in [6.07, 6.45) is 2.20. The summed E-state index contributed by atoms with van der Waals surface area (Å²) >= 11 is 0. The summed E-state index contributed by atoms with van der Waals surface area (Å²) in [5.41, 5.74) is 18.3. The molecular formula is C54H79N11O13S2. The van der Waals surface area contributed by atoms with Crippen molar-refractivity contribution in [2.45, 2.75) is 170 Å². The summed E-state index contributed by atoms with van der Waals surface area (Å²) in [5.74, 6) is -8.97. The van der Waals surface area contributed by atoms with E-state index in [-0.39, 0.29) is 68.9 Å². The monoisotopic (exact) mass is 1150 g/mol. The van der Waals surface area contributed by atoms with E-state index < -0.39 is 131 Å². The number of hydrogen-bond acceptors (Lipinski definition) is 16. The number of aromatic hydroxyl groups is 2. The van der Waals surface area contributed by atoms with Crippen LogP contribution in [0.1, 0.15) is 109 Å². The molecule has 0 bridgehead atoms. The third-order valence-corrected chi connectivity index (χ3v) is 18.3. The van der Waals surface area contributed by atoms with Crippen molar-refractivity contribution in [1.29, 1.82) is 0 Å². The van der Waals surface area contributed by atoms with Gasteiger partial charge in [-0.2, -0.15) is 0 Å². The molecule has 3 aliphatic rings. The number of carbonyl (C=O) groups is 10. The molecule has 2 aliphatic heterocycles. The number of nitrogens with one attached hydrogen (secondary N) is 6. The Hall–Kier alpha value is -6.64. The van der Waals surface area contributed by atoms with E-state index in [0.29, 0.717) is 36.8 Å². The Kier molecular flexibility index (Phi) is 24.3. The maximum absolute atomic E-state index is 15.0. The van der Waals surface area contributed by atoms with Crippen molar-refractivity contribution in [3.63, 3.8) is 0 Å². The molecule has 0 unspecified atom stereocenters. The number of rotatable bonds is 18. The Balaban J connectivity index is 1.50. The van der Waals surface area contributed by atoms with Gasteiger partial charge in [-0.25, -0.2) is 0 Å². The summed E-state index contributed by atoms with van der Waals surface area (Å²) in [5, 5.41) is 46.4. The molecule has 15 N–H and O–H groups in total. The topological polar surface area (TPSA) is 388 Å². The lowest BCUT2D eigenvalue weighted by Crippen LogP contribution is -2.63. The number of nitrogens with zero attached hydrogens (tertiary/aromatic N) is 2. The molecule has 1 aliphatic carbocycles. The molecule has 24 nitrogen and oxygen atoms in total. The van der Waals surface area contributed by atoms with Crippen LogP contribution in [-0.2, 0) is 60.8 Å². The summed E-state index contributed by atoms with van der Waals surface area (Å²) in [4.78, 5) is 143. The van der Waals surface area contributed by atoms with Gasteiger partial charge in [0.15, 0.2) is 0 Å². The van der Waals surface area contributed by atoms with E-state index >= 15 is 4.79 Å². The van der Waals surface area contributed by atoms with Crippen molar-refractivity contribution < 1.29 is 63.3 Å². The van der Waals surface area contributed by atoms with Crippen LogP contribution < -0.4 is 49.1 Å². The molecule has 1 saturated carbocycles. The summed E-state index contributed by atoms with van der Waals surface area (Å²) in [6, 6.07) is 0.970. The first-order valence-corrected chi connectivity index (χ1v) is 29.5. The second kappa shape index (κ2) is 30.3. The molecule has 10 amide bonds. The molecule has 3 fully saturated rings. The highest BCUT2D eigenvalue weighted by Crippen LogP contribution is 2.49. The molecule has 2 heterocycles. The highest BCUT2D eigenvalue weighted by atomic mass is 33.1. The van der Waals surface area contributed by atoms with Crippen molar-refractivity contribution in [2.24, 2.45) is 23.1 Å². The number of phenols is 2. The Labute approximate surface area is 473 Å². The molecule has 1 spiro atoms. The van der Waals surface area contributed by atoms with Gasteiger partial charge in [-0.15, -0.1) is 0 Å². The SMILES string of the molecule is CC[C@H](C)[C@H]1NC(=O)[C@H](Cc2ccc(O)cc2)N(C)C(=O)CC2(CCCCC2)SSC[C@H](C(=O)N2CCC[C@H]2C(=O)N[C@@H](CCCN)C(=O)N[C@@H](Cc2ccc(O)cc2)C(N)=O)NC(=O)[C@@H](CC(N)=O)NC(=O)[C@H]([C@@H](C)O)NC1=O. The first-order valence-electron chi connectivity index (χ1n) is 27.2. The van der Waals surface area contributed by atoms with Gasteiger partial charge in [0.2, 0.25) is 59.1 Å². The Morgan fingerprint density at radius 1 is 0.787 bits per heavy atom. The van der Waals surface area contributed by atoms with Gasteiger partial charge in [0, 0.05) is 43.4 Å². The van der Waals surface area contributed by atoms with E-state index in [2.05, 4.69) is 31.9 Å². The van der Waals surface area contributed by atoms with Crippen LogP contribution in [0.5, 0.6) is 11.5 Å². The maximum Gasteiger partial charge on any atom is 0.246 e. The zero-order chi connectivity index (χ0) is 58.8. The first kappa shape index (κ1) is 64.2. The fraction of sp³-hybridized carbons (Fsp3) is 0.593. The maximum atomic E-state index is 15.0. The zero-order valence-corrected chi connectivity index (χ0v) is 47.4. The summed E-state index contributed by atoms with van der Waals surface area (Å²) in [6.45, 7) is 4.86. The summed E-state index contributed by atoms with van der Waals surface area (Å²) < 4.78 is -0.739. The highest BCUT2D eigenvalue weighted by molar-refractivity contribution is 8.77. The van der Waals surface area contributed by atoms with Crippen LogP contribution in [0.3, 0.4) is 0 Å². The molecule has 5 rings (SSSR count). The number of likely N-dealkylation sites (tertiary alicyclic amines) is 1. The predicted octanol–water partition coefficient (Wildman–Crippen LogP) is -0.376. The molecule has 2 aromatic rings. The van der Waals surface area contributed by atoms with Crippen molar-refractivity contribution >= 4 is 80.7 Å². The van der Waals surface area contributed by atoms with Gasteiger partial charge in [0.1, 0.15) is 59.8 Å². The average Bonchev–Trinajstić information content (AvgIpc) is 3.96. The van der Waals surface area contributed by atoms with E-state index in [1.807, 2.05) is 0 Å². The Morgan fingerprint density at radius 2 is 1.40 bits per heavy atom. The molecule has 440 valence electrons. The molecular weight excluding hydrogens is 1070 g/mol. The van der Waals surface area contributed by atoms with Crippen LogP contribution >= 0.6 is 21.6 Å². The van der Waals surface area contributed by atoms with Crippen LogP contribution in [-0.4, -0.2) is 169 Å². The number of carbonyl (C=O) groups excluding carboxylic acids is 10. The third kappa shape index (κ3) is 18.2. The van der Waals surface area contributed by atoms with Crippen LogP contribution in [0, 0.1) is 5.92 Å². The minimum atomic E-state index is -1.77. The highest BCUT2D eigenvalue weighted by Gasteiger charge is 2.44. The number of phenolic OH excluding ortho intramolecular Hbond substituents is 2. The lowest BCUT2D eigenvalue weighted by Gasteiger charge is -2.38. The second-order valence-electron chi connectivity index (χ2n) is 21.1. The number of aliphatic hydroxyl groups is 1. The molecule has 80 heavy (non-hydrogen) atoms. The zero-order valence-electron chi connectivity index (χ0n) is 45.8. The number of amides is 10. The van der Waals surface area contributed by atoms with Gasteiger partial charge in [0.25, 0.3) is 0 Å². The van der Waals surface area contributed by atoms with Crippen molar-refractivity contribution in [3.8, 4) is 11.5 Å². The van der Waals surface area contributed by atoms with Crippen LogP contribution in [0.25, 0.3) is 0 Å². The quantitative estimate of drug-likeness (QED) is 0.0847. The lowest BCUT2D eigenvalue weighted by atomic mass is 9.85. The van der Waals surface area contributed by atoms with Gasteiger partial charge in [-0.1, -0.05) is 85.4 Å². The third-order valence-electron chi connectivity index (χ3n) is 15.0. The lowest BCUT2D eigenvalue weighted by molar-refractivity contribution is -0.142. The van der Waals surface area contributed by atoms with Gasteiger partial charge in [-0.3, -0.25) is 47.9 Å². The van der Waals surface area contributed by atoms with E-state index in [1.165, 1.54) is 69.6 Å². The van der Waals surface area contributed by atoms with Crippen LogP contribution in [0.4, 0.5) is 0 Å². The van der Waals surface area contributed by atoms with Gasteiger partial charge >= 0.3 is 0 Å². The number of aliphatic hydroxyl groups excluding tert-OH is 1. The Bertz CT molecular complexity index is 2520. The minimum Gasteiger partial charge on any atom is -0.508 e. The minimum absolute atomic E-state index is 0.00741. The van der Waals surface area contributed by atoms with Crippen molar-refractivity contribution in [2.75, 3.05) is 25.9 Å². The average molecular weight is 1150 g/mol. The fourth-order valence-corrected chi connectivity index (χ4v) is 13.3. The number of nitrogens with two attached hydrogens (primary N) is 3. The van der Waals surface area contributed by atoms with E-state index in [0.717, 1.165) is 19.3 Å². The molecule has 2 aromatic carbocycles. The first-order chi connectivity index (χ1) is 38.0. The Morgan fingerprint density at radius 3 is 1.99 bits per heavy atom.